The Morgan fingerprint density at radius 3 is 2.00 bits per heavy atom. The predicted molar refractivity (Wildman–Crippen MR) is 85.1 cm³/mol. The fourth-order valence-corrected chi connectivity index (χ4v) is 2.94. The van der Waals surface area contributed by atoms with Gasteiger partial charge < -0.3 is 13.9 Å². The van der Waals surface area contributed by atoms with Crippen molar-refractivity contribution in [2.45, 2.75) is 38.9 Å². The maximum absolute atomic E-state index is 6.35. The summed E-state index contributed by atoms with van der Waals surface area (Å²) >= 11 is 3.53. The molecular weight excluding hydrogens is 324 g/mol. The molecule has 0 amide bonds. The zero-order chi connectivity index (χ0) is 14.8. The molecule has 0 saturated heterocycles. The van der Waals surface area contributed by atoms with Crippen LogP contribution in [0.2, 0.25) is 18.1 Å². The van der Waals surface area contributed by atoms with Crippen LogP contribution in [-0.2, 0) is 0 Å². The van der Waals surface area contributed by atoms with Crippen molar-refractivity contribution < 1.29 is 13.9 Å². The first-order valence-electron chi connectivity index (χ1n) is 6.23. The number of hydrogen-bond acceptors (Lipinski definition) is 3. The second kappa shape index (κ2) is 5.75. The Kier molecular flexibility index (Phi) is 4.95. The average Bonchev–Trinajstić information content (AvgIpc) is 2.29. The molecule has 0 aliphatic heterocycles. The third-order valence-corrected chi connectivity index (χ3v) is 8.57. The third-order valence-electron chi connectivity index (χ3n) is 3.62. The lowest BCUT2D eigenvalue weighted by atomic mass is 10.2. The lowest BCUT2D eigenvalue weighted by molar-refractivity contribution is 0.339. The van der Waals surface area contributed by atoms with Crippen LogP contribution < -0.4 is 13.9 Å². The van der Waals surface area contributed by atoms with Crippen molar-refractivity contribution in [3.63, 3.8) is 0 Å². The standard InChI is InChI=1S/C14H23BrO3Si/c1-14(2,3)19(6,7)18-12-10(15)8-9-11(16-4)13(12)17-5/h8-9H,1-7H3. The molecule has 0 saturated carbocycles. The van der Waals surface area contributed by atoms with E-state index in [9.17, 15) is 0 Å². The Morgan fingerprint density at radius 2 is 1.58 bits per heavy atom. The Labute approximate surface area is 125 Å². The summed E-state index contributed by atoms with van der Waals surface area (Å²) in [5.74, 6) is 2.05. The summed E-state index contributed by atoms with van der Waals surface area (Å²) < 4.78 is 18.0. The number of rotatable bonds is 4. The van der Waals surface area contributed by atoms with Gasteiger partial charge in [0.1, 0.15) is 0 Å². The summed E-state index contributed by atoms with van der Waals surface area (Å²) in [7, 11) is 1.33. The zero-order valence-corrected chi connectivity index (χ0v) is 15.3. The van der Waals surface area contributed by atoms with Crippen LogP contribution in [0, 0.1) is 0 Å². The van der Waals surface area contributed by atoms with Gasteiger partial charge in [-0.05, 0) is 46.2 Å². The van der Waals surface area contributed by atoms with Gasteiger partial charge in [-0.15, -0.1) is 0 Å². The molecule has 0 N–H and O–H groups in total. The van der Waals surface area contributed by atoms with Crippen molar-refractivity contribution in [1.82, 2.24) is 0 Å². The third kappa shape index (κ3) is 3.45. The molecule has 3 nitrogen and oxygen atoms in total. The number of methoxy groups -OCH3 is 2. The van der Waals surface area contributed by atoms with Gasteiger partial charge in [-0.2, -0.15) is 0 Å². The van der Waals surface area contributed by atoms with Gasteiger partial charge in [-0.1, -0.05) is 20.8 Å². The fraction of sp³-hybridized carbons (Fsp3) is 0.571. The smallest absolute Gasteiger partial charge is 0.250 e. The Morgan fingerprint density at radius 1 is 1.00 bits per heavy atom. The van der Waals surface area contributed by atoms with Gasteiger partial charge in [0.2, 0.25) is 5.75 Å². The molecule has 0 bridgehead atoms. The van der Waals surface area contributed by atoms with Crippen molar-refractivity contribution in [3.8, 4) is 17.2 Å². The first kappa shape index (κ1) is 16.4. The molecule has 0 aliphatic carbocycles. The van der Waals surface area contributed by atoms with Crippen LogP contribution >= 0.6 is 15.9 Å². The number of ether oxygens (including phenoxy) is 2. The molecule has 1 rings (SSSR count). The van der Waals surface area contributed by atoms with E-state index in [-0.39, 0.29) is 5.04 Å². The zero-order valence-electron chi connectivity index (χ0n) is 12.8. The molecule has 19 heavy (non-hydrogen) atoms. The van der Waals surface area contributed by atoms with Crippen molar-refractivity contribution in [2.75, 3.05) is 14.2 Å². The number of benzene rings is 1. The van der Waals surface area contributed by atoms with E-state index in [1.54, 1.807) is 14.2 Å². The first-order chi connectivity index (χ1) is 8.64. The first-order valence-corrected chi connectivity index (χ1v) is 9.93. The second-order valence-electron chi connectivity index (χ2n) is 5.97. The summed E-state index contributed by atoms with van der Waals surface area (Å²) in [5.41, 5.74) is 0. The van der Waals surface area contributed by atoms with E-state index >= 15 is 0 Å². The molecule has 0 fully saturated rings. The van der Waals surface area contributed by atoms with Crippen LogP contribution in [0.4, 0.5) is 0 Å². The molecule has 0 radical (unpaired) electrons. The van der Waals surface area contributed by atoms with Crippen molar-refractivity contribution in [1.29, 1.82) is 0 Å². The van der Waals surface area contributed by atoms with Crippen LogP contribution in [0.1, 0.15) is 20.8 Å². The highest BCUT2D eigenvalue weighted by Gasteiger charge is 2.40. The van der Waals surface area contributed by atoms with E-state index in [2.05, 4.69) is 49.8 Å². The van der Waals surface area contributed by atoms with Crippen molar-refractivity contribution in [2.24, 2.45) is 0 Å². The highest BCUT2D eigenvalue weighted by molar-refractivity contribution is 9.10. The normalized spacial score (nSPS) is 12.2. The Balaban J connectivity index is 3.27. The predicted octanol–water partition coefficient (Wildman–Crippen LogP) is 4.85. The van der Waals surface area contributed by atoms with Crippen LogP contribution in [0.5, 0.6) is 17.2 Å². The van der Waals surface area contributed by atoms with Gasteiger partial charge in [0.15, 0.2) is 11.5 Å². The minimum Gasteiger partial charge on any atom is -0.540 e. The quantitative estimate of drug-likeness (QED) is 0.729. The molecule has 0 spiro atoms. The van der Waals surface area contributed by atoms with Crippen molar-refractivity contribution in [3.05, 3.63) is 16.6 Å². The highest BCUT2D eigenvalue weighted by atomic mass is 79.9. The fourth-order valence-electron chi connectivity index (χ4n) is 1.38. The summed E-state index contributed by atoms with van der Waals surface area (Å²) in [6.45, 7) is 11.0. The van der Waals surface area contributed by atoms with E-state index in [1.165, 1.54) is 0 Å². The molecule has 0 unspecified atom stereocenters. The molecule has 0 heterocycles. The van der Waals surface area contributed by atoms with E-state index in [1.807, 2.05) is 12.1 Å². The summed E-state index contributed by atoms with van der Waals surface area (Å²) in [5, 5.41) is 0.126. The Hall–Kier alpha value is -0.683. The van der Waals surface area contributed by atoms with Gasteiger partial charge in [-0.3, -0.25) is 0 Å². The van der Waals surface area contributed by atoms with Crippen LogP contribution in [0.3, 0.4) is 0 Å². The van der Waals surface area contributed by atoms with Gasteiger partial charge >= 0.3 is 0 Å². The lowest BCUT2D eigenvalue weighted by Crippen LogP contribution is -2.44. The van der Waals surface area contributed by atoms with Crippen LogP contribution in [0.25, 0.3) is 0 Å². The van der Waals surface area contributed by atoms with Crippen LogP contribution in [0.15, 0.2) is 16.6 Å². The molecule has 0 aromatic heterocycles. The summed E-state index contributed by atoms with van der Waals surface area (Å²) in [6.07, 6.45) is 0. The van der Waals surface area contributed by atoms with Gasteiger partial charge in [0.05, 0.1) is 18.7 Å². The molecule has 108 valence electrons. The monoisotopic (exact) mass is 346 g/mol. The number of hydrogen-bond donors (Lipinski definition) is 0. The largest absolute Gasteiger partial charge is 0.540 e. The second-order valence-corrected chi connectivity index (χ2v) is 11.6. The molecule has 0 aliphatic rings. The molecule has 1 aromatic carbocycles. The van der Waals surface area contributed by atoms with Gasteiger partial charge in [0.25, 0.3) is 8.32 Å². The van der Waals surface area contributed by atoms with E-state index in [0.717, 1.165) is 10.2 Å². The van der Waals surface area contributed by atoms with E-state index in [4.69, 9.17) is 13.9 Å². The van der Waals surface area contributed by atoms with Gasteiger partial charge in [0, 0.05) is 0 Å². The molecule has 5 heteroatoms. The Bertz CT molecular complexity index is 453. The highest BCUT2D eigenvalue weighted by Crippen LogP contribution is 2.46. The maximum atomic E-state index is 6.35. The maximum Gasteiger partial charge on any atom is 0.250 e. The minimum atomic E-state index is -1.93. The van der Waals surface area contributed by atoms with Crippen LogP contribution in [-0.4, -0.2) is 22.5 Å². The van der Waals surface area contributed by atoms with Gasteiger partial charge in [-0.25, -0.2) is 0 Å². The minimum absolute atomic E-state index is 0.126. The topological polar surface area (TPSA) is 27.7 Å². The lowest BCUT2D eigenvalue weighted by Gasteiger charge is -2.37. The van der Waals surface area contributed by atoms with E-state index in [0.29, 0.717) is 11.5 Å². The average molecular weight is 347 g/mol. The molecular formula is C14H23BrO3Si. The molecule has 1 aromatic rings. The van der Waals surface area contributed by atoms with E-state index < -0.39 is 8.32 Å². The summed E-state index contributed by atoms with van der Waals surface area (Å²) in [6, 6.07) is 3.78. The van der Waals surface area contributed by atoms with Crippen molar-refractivity contribution >= 4 is 24.2 Å². The number of halogens is 1. The summed E-state index contributed by atoms with van der Waals surface area (Å²) in [4.78, 5) is 0. The molecule has 0 atom stereocenters. The SMILES string of the molecule is COc1ccc(Br)c(O[Si](C)(C)C(C)(C)C)c1OC.